The first-order chi connectivity index (χ1) is 8.59. The molecule has 2 aromatic heterocycles. The standard InChI is InChI=1S/C11H13N5S2/c1-6-7(2)15-16-11(9(6)10(12)17)14-5-8-13-3-4-18-8/h3-4H,5H2,1-2H3,(H2,12,17)(H,14,16). The zero-order valence-electron chi connectivity index (χ0n) is 10.1. The van der Waals surface area contributed by atoms with Crippen LogP contribution in [0.3, 0.4) is 0 Å². The van der Waals surface area contributed by atoms with E-state index in [-0.39, 0.29) is 0 Å². The first-order valence-electron chi connectivity index (χ1n) is 5.35. The van der Waals surface area contributed by atoms with E-state index in [1.165, 1.54) is 0 Å². The lowest BCUT2D eigenvalue weighted by molar-refractivity contribution is 0.941. The Morgan fingerprint density at radius 1 is 1.44 bits per heavy atom. The Morgan fingerprint density at radius 3 is 2.83 bits per heavy atom. The molecular formula is C11H13N5S2. The summed E-state index contributed by atoms with van der Waals surface area (Å²) < 4.78 is 0. The predicted molar refractivity (Wildman–Crippen MR) is 76.8 cm³/mol. The van der Waals surface area contributed by atoms with Crippen LogP contribution in [0.4, 0.5) is 5.82 Å². The van der Waals surface area contributed by atoms with Crippen molar-refractivity contribution in [3.63, 3.8) is 0 Å². The maximum Gasteiger partial charge on any atom is 0.159 e. The van der Waals surface area contributed by atoms with Gasteiger partial charge in [0.2, 0.25) is 0 Å². The zero-order chi connectivity index (χ0) is 13.1. The Bertz CT molecular complexity index is 565. The SMILES string of the molecule is Cc1nnc(NCc2nccs2)c(C(N)=S)c1C. The van der Waals surface area contributed by atoms with Crippen molar-refractivity contribution >= 4 is 34.4 Å². The maximum atomic E-state index is 5.74. The highest BCUT2D eigenvalue weighted by atomic mass is 32.1. The molecule has 0 bridgehead atoms. The minimum atomic E-state index is 0.326. The second-order valence-corrected chi connectivity index (χ2v) is 5.20. The van der Waals surface area contributed by atoms with Crippen LogP contribution in [-0.2, 0) is 6.54 Å². The van der Waals surface area contributed by atoms with E-state index < -0.39 is 0 Å². The molecule has 94 valence electrons. The van der Waals surface area contributed by atoms with Gasteiger partial charge in [0.05, 0.1) is 17.8 Å². The van der Waals surface area contributed by atoms with Gasteiger partial charge in [-0.3, -0.25) is 0 Å². The molecule has 18 heavy (non-hydrogen) atoms. The van der Waals surface area contributed by atoms with Crippen LogP contribution in [0.5, 0.6) is 0 Å². The number of aromatic nitrogens is 3. The average Bonchev–Trinajstić information content (AvgIpc) is 2.83. The number of aryl methyl sites for hydroxylation is 1. The topological polar surface area (TPSA) is 76.7 Å². The van der Waals surface area contributed by atoms with Crippen molar-refractivity contribution in [1.29, 1.82) is 0 Å². The summed E-state index contributed by atoms with van der Waals surface area (Å²) >= 11 is 6.65. The monoisotopic (exact) mass is 279 g/mol. The van der Waals surface area contributed by atoms with Gasteiger partial charge in [-0.1, -0.05) is 12.2 Å². The van der Waals surface area contributed by atoms with Crippen molar-refractivity contribution in [3.8, 4) is 0 Å². The third-order valence-electron chi connectivity index (χ3n) is 2.59. The van der Waals surface area contributed by atoms with E-state index in [4.69, 9.17) is 18.0 Å². The van der Waals surface area contributed by atoms with E-state index in [1.807, 2.05) is 19.2 Å². The number of thiocarbonyl (C=S) groups is 1. The largest absolute Gasteiger partial charge is 0.389 e. The maximum absolute atomic E-state index is 5.74. The van der Waals surface area contributed by atoms with Crippen LogP contribution in [0.1, 0.15) is 21.8 Å². The van der Waals surface area contributed by atoms with Crippen LogP contribution in [0, 0.1) is 13.8 Å². The number of nitrogens with two attached hydrogens (primary N) is 1. The quantitative estimate of drug-likeness (QED) is 0.831. The van der Waals surface area contributed by atoms with Gasteiger partial charge < -0.3 is 11.1 Å². The number of thiazole rings is 1. The molecule has 0 fully saturated rings. The van der Waals surface area contributed by atoms with Crippen LogP contribution in [-0.4, -0.2) is 20.2 Å². The van der Waals surface area contributed by atoms with Gasteiger partial charge >= 0.3 is 0 Å². The summed E-state index contributed by atoms with van der Waals surface area (Å²) in [4.78, 5) is 4.52. The highest BCUT2D eigenvalue weighted by Crippen LogP contribution is 2.19. The third-order valence-corrected chi connectivity index (χ3v) is 3.58. The van der Waals surface area contributed by atoms with Crippen molar-refractivity contribution in [1.82, 2.24) is 15.2 Å². The fraction of sp³-hybridized carbons (Fsp3) is 0.273. The van der Waals surface area contributed by atoms with Gasteiger partial charge in [0.1, 0.15) is 10.00 Å². The highest BCUT2D eigenvalue weighted by molar-refractivity contribution is 7.80. The lowest BCUT2D eigenvalue weighted by Gasteiger charge is -2.12. The van der Waals surface area contributed by atoms with Gasteiger partial charge in [0.25, 0.3) is 0 Å². The summed E-state index contributed by atoms with van der Waals surface area (Å²) in [7, 11) is 0. The van der Waals surface area contributed by atoms with E-state index in [0.29, 0.717) is 17.4 Å². The van der Waals surface area contributed by atoms with Crippen LogP contribution in [0.15, 0.2) is 11.6 Å². The van der Waals surface area contributed by atoms with Crippen LogP contribution >= 0.6 is 23.6 Å². The molecule has 0 atom stereocenters. The van der Waals surface area contributed by atoms with Crippen molar-refractivity contribution < 1.29 is 0 Å². The summed E-state index contributed by atoms with van der Waals surface area (Å²) in [6.07, 6.45) is 1.77. The Hall–Kier alpha value is -1.60. The molecule has 0 aromatic carbocycles. The first kappa shape index (κ1) is 12.8. The number of rotatable bonds is 4. The molecule has 2 aromatic rings. The van der Waals surface area contributed by atoms with Gasteiger partial charge in [-0.25, -0.2) is 4.98 Å². The molecule has 7 heteroatoms. The lowest BCUT2D eigenvalue weighted by Crippen LogP contribution is -2.18. The Morgan fingerprint density at radius 2 is 2.22 bits per heavy atom. The van der Waals surface area contributed by atoms with E-state index in [1.54, 1.807) is 17.5 Å². The van der Waals surface area contributed by atoms with Gasteiger partial charge in [-0.05, 0) is 19.4 Å². The van der Waals surface area contributed by atoms with E-state index in [2.05, 4.69) is 20.5 Å². The molecule has 0 aliphatic rings. The second-order valence-electron chi connectivity index (χ2n) is 3.78. The summed E-state index contributed by atoms with van der Waals surface area (Å²) in [5.74, 6) is 0.612. The summed E-state index contributed by atoms with van der Waals surface area (Å²) in [5.41, 5.74) is 8.29. The molecule has 3 N–H and O–H groups in total. The first-order valence-corrected chi connectivity index (χ1v) is 6.64. The summed E-state index contributed by atoms with van der Waals surface area (Å²) in [6, 6.07) is 0. The zero-order valence-corrected chi connectivity index (χ0v) is 11.7. The molecule has 0 aliphatic heterocycles. The molecule has 5 nitrogen and oxygen atoms in total. The highest BCUT2D eigenvalue weighted by Gasteiger charge is 2.13. The fourth-order valence-electron chi connectivity index (χ4n) is 1.53. The molecule has 0 saturated heterocycles. The van der Waals surface area contributed by atoms with Crippen molar-refractivity contribution in [2.45, 2.75) is 20.4 Å². The molecule has 0 radical (unpaired) electrons. The minimum Gasteiger partial charge on any atom is -0.389 e. The summed E-state index contributed by atoms with van der Waals surface area (Å²) in [6.45, 7) is 4.41. The van der Waals surface area contributed by atoms with Crippen LogP contribution < -0.4 is 11.1 Å². The fourth-order valence-corrected chi connectivity index (χ4v) is 2.34. The number of hydrogen-bond acceptors (Lipinski definition) is 6. The molecule has 2 heterocycles. The normalized spacial score (nSPS) is 10.3. The predicted octanol–water partition coefficient (Wildman–Crippen LogP) is 1.80. The lowest BCUT2D eigenvalue weighted by atomic mass is 10.1. The molecule has 0 aliphatic carbocycles. The number of nitrogens with one attached hydrogen (secondary N) is 1. The van der Waals surface area contributed by atoms with Crippen molar-refractivity contribution in [3.05, 3.63) is 33.4 Å². The molecule has 2 rings (SSSR count). The third kappa shape index (κ3) is 2.62. The van der Waals surface area contributed by atoms with E-state index in [0.717, 1.165) is 21.8 Å². The van der Waals surface area contributed by atoms with E-state index >= 15 is 0 Å². The molecule has 0 unspecified atom stereocenters. The molecule has 0 spiro atoms. The smallest absolute Gasteiger partial charge is 0.159 e. The molecule has 0 saturated carbocycles. The van der Waals surface area contributed by atoms with Gasteiger partial charge in [-0.2, -0.15) is 5.10 Å². The van der Waals surface area contributed by atoms with Gasteiger partial charge in [0.15, 0.2) is 5.82 Å². The average molecular weight is 279 g/mol. The number of anilines is 1. The van der Waals surface area contributed by atoms with E-state index in [9.17, 15) is 0 Å². The van der Waals surface area contributed by atoms with Gasteiger partial charge in [-0.15, -0.1) is 16.4 Å². The Kier molecular flexibility index (Phi) is 3.83. The second kappa shape index (κ2) is 5.36. The Labute approximate surface area is 114 Å². The van der Waals surface area contributed by atoms with Crippen molar-refractivity contribution in [2.24, 2.45) is 5.73 Å². The number of nitrogens with zero attached hydrogens (tertiary/aromatic N) is 3. The van der Waals surface area contributed by atoms with Crippen molar-refractivity contribution in [2.75, 3.05) is 5.32 Å². The molecular weight excluding hydrogens is 266 g/mol. The van der Waals surface area contributed by atoms with Crippen LogP contribution in [0.2, 0.25) is 0 Å². The summed E-state index contributed by atoms with van der Waals surface area (Å²) in [5, 5.41) is 14.3. The molecule has 0 amide bonds. The Balaban J connectivity index is 2.27. The minimum absolute atomic E-state index is 0.326. The van der Waals surface area contributed by atoms with Gasteiger partial charge in [0, 0.05) is 11.6 Å². The number of hydrogen-bond donors (Lipinski definition) is 2. The van der Waals surface area contributed by atoms with Crippen LogP contribution in [0.25, 0.3) is 0 Å².